The van der Waals surface area contributed by atoms with Crippen LogP contribution in [0.15, 0.2) is 60.7 Å². The zero-order valence-electron chi connectivity index (χ0n) is 21.3. The highest BCUT2D eigenvalue weighted by Gasteiger charge is 2.38. The Kier molecular flexibility index (Phi) is 8.36. The van der Waals surface area contributed by atoms with E-state index in [9.17, 15) is 44.3 Å². The number of urea groups is 1. The van der Waals surface area contributed by atoms with Crippen molar-refractivity contribution < 1.29 is 49.0 Å². The van der Waals surface area contributed by atoms with Crippen LogP contribution < -0.4 is 20.7 Å². The third-order valence-corrected chi connectivity index (χ3v) is 6.34. The Labute approximate surface area is 238 Å². The summed E-state index contributed by atoms with van der Waals surface area (Å²) in [7, 11) is 0. The summed E-state index contributed by atoms with van der Waals surface area (Å²) in [5, 5.41) is 6.96. The van der Waals surface area contributed by atoms with Crippen LogP contribution in [-0.4, -0.2) is 17.1 Å². The maximum atomic E-state index is 13.5. The van der Waals surface area contributed by atoms with Gasteiger partial charge in [-0.1, -0.05) is 36.5 Å². The molecule has 0 saturated carbocycles. The lowest BCUT2D eigenvalue weighted by Crippen LogP contribution is -2.35. The second-order valence-electron chi connectivity index (χ2n) is 9.32. The maximum absolute atomic E-state index is 13.5. The number of thiocarbonyl (C=S) groups is 1. The highest BCUT2D eigenvalue weighted by atomic mass is 32.1. The van der Waals surface area contributed by atoms with Crippen molar-refractivity contribution in [1.82, 2.24) is 5.32 Å². The molecule has 1 aliphatic rings. The first-order valence-corrected chi connectivity index (χ1v) is 12.4. The summed E-state index contributed by atoms with van der Waals surface area (Å²) in [6.45, 7) is 1.63. The highest BCUT2D eigenvalue weighted by Crippen LogP contribution is 2.40. The molecule has 3 aromatic carbocycles. The Morgan fingerprint density at radius 3 is 1.98 bits per heavy atom. The van der Waals surface area contributed by atoms with Gasteiger partial charge in [0.15, 0.2) is 0 Å². The molecule has 0 heterocycles. The molecule has 2 amide bonds. The Morgan fingerprint density at radius 2 is 1.40 bits per heavy atom. The molecule has 0 bridgehead atoms. The summed E-state index contributed by atoms with van der Waals surface area (Å²) in [6.07, 6.45) is -15.6. The second kappa shape index (κ2) is 11.3. The minimum absolute atomic E-state index is 0.131. The molecule has 0 aromatic heterocycles. The summed E-state index contributed by atoms with van der Waals surface area (Å²) in [5.74, 6) is -0.232. The summed E-state index contributed by atoms with van der Waals surface area (Å²) in [5.41, 5.74) is -4.29. The van der Waals surface area contributed by atoms with Gasteiger partial charge in [0.2, 0.25) is 0 Å². The van der Waals surface area contributed by atoms with Gasteiger partial charge < -0.3 is 20.7 Å². The molecule has 3 N–H and O–H groups in total. The molecule has 0 spiro atoms. The zero-order valence-corrected chi connectivity index (χ0v) is 22.1. The van der Waals surface area contributed by atoms with Crippen LogP contribution in [-0.2, 0) is 24.9 Å². The van der Waals surface area contributed by atoms with E-state index in [1.165, 1.54) is 0 Å². The number of anilines is 2. The van der Waals surface area contributed by atoms with Crippen molar-refractivity contribution in [3.8, 4) is 5.75 Å². The van der Waals surface area contributed by atoms with E-state index in [1.54, 1.807) is 19.1 Å². The number of hydrogen-bond acceptors (Lipinski definition) is 3. The average molecular weight is 622 g/mol. The Balaban J connectivity index is 1.65. The van der Waals surface area contributed by atoms with Crippen LogP contribution in [0.5, 0.6) is 5.75 Å². The molecule has 0 saturated heterocycles. The van der Waals surface area contributed by atoms with Gasteiger partial charge in [0.1, 0.15) is 11.9 Å². The quantitative estimate of drug-likeness (QED) is 0.198. The summed E-state index contributed by atoms with van der Waals surface area (Å²) < 4.78 is 126. The average Bonchev–Trinajstić information content (AvgIpc) is 3.19. The van der Waals surface area contributed by atoms with Gasteiger partial charge in [-0.25, -0.2) is 4.79 Å². The van der Waals surface area contributed by atoms with Crippen molar-refractivity contribution in [2.24, 2.45) is 0 Å². The fourth-order valence-corrected chi connectivity index (χ4v) is 4.57. The third-order valence-electron chi connectivity index (χ3n) is 6.22. The van der Waals surface area contributed by atoms with Crippen LogP contribution in [0.4, 0.5) is 55.7 Å². The molecular weight excluding hydrogens is 601 g/mol. The van der Waals surface area contributed by atoms with Gasteiger partial charge in [0.05, 0.1) is 33.4 Å². The molecule has 5 nitrogen and oxygen atoms in total. The summed E-state index contributed by atoms with van der Waals surface area (Å²) >= 11 is 5.15. The first kappa shape index (κ1) is 30.9. The van der Waals surface area contributed by atoms with Crippen LogP contribution in [0.3, 0.4) is 0 Å². The number of ether oxygens (including phenoxy) is 1. The minimum Gasteiger partial charge on any atom is -0.485 e. The van der Waals surface area contributed by atoms with E-state index in [2.05, 4.69) is 10.6 Å². The number of fused-ring (bicyclic) bond motifs is 1. The van der Waals surface area contributed by atoms with E-state index in [4.69, 9.17) is 17.0 Å². The third kappa shape index (κ3) is 7.24. The van der Waals surface area contributed by atoms with E-state index >= 15 is 0 Å². The zero-order chi connectivity index (χ0) is 31.0. The smallest absolute Gasteiger partial charge is 0.416 e. The SMILES string of the molecule is CC(=S)N[C@H]1c2ccccc2C[C@@H]1Oc1ccc(C(F)(F)F)cc1NC(=O)Nc1cc(C(F)(F)F)cc(C(F)(F)F)c1. The Morgan fingerprint density at radius 1 is 0.810 bits per heavy atom. The van der Waals surface area contributed by atoms with Gasteiger partial charge in [0, 0.05) is 12.1 Å². The fourth-order valence-electron chi connectivity index (χ4n) is 4.44. The predicted molar refractivity (Wildman–Crippen MR) is 139 cm³/mol. The van der Waals surface area contributed by atoms with Crippen molar-refractivity contribution in [2.75, 3.05) is 10.6 Å². The summed E-state index contributed by atoms with van der Waals surface area (Å²) in [4.78, 5) is 13.1. The molecule has 3 aromatic rings. The van der Waals surface area contributed by atoms with Crippen LogP contribution in [0.25, 0.3) is 0 Å². The lowest BCUT2D eigenvalue weighted by atomic mass is 10.1. The summed E-state index contributed by atoms with van der Waals surface area (Å²) in [6, 6.07) is 7.89. The first-order valence-electron chi connectivity index (χ1n) is 12.0. The van der Waals surface area contributed by atoms with Crippen molar-refractivity contribution in [2.45, 2.75) is 44.0 Å². The lowest BCUT2D eigenvalue weighted by molar-refractivity contribution is -0.143. The number of hydrogen-bond donors (Lipinski definition) is 3. The van der Waals surface area contributed by atoms with E-state index in [-0.39, 0.29) is 23.9 Å². The number of rotatable bonds is 5. The molecule has 0 fully saturated rings. The van der Waals surface area contributed by atoms with Crippen LogP contribution in [0, 0.1) is 0 Å². The van der Waals surface area contributed by atoms with Crippen LogP contribution >= 0.6 is 12.2 Å². The topological polar surface area (TPSA) is 62.4 Å². The normalized spacial score (nSPS) is 16.9. The monoisotopic (exact) mass is 621 g/mol. The van der Waals surface area contributed by atoms with E-state index in [0.29, 0.717) is 23.5 Å². The lowest BCUT2D eigenvalue weighted by Gasteiger charge is -2.25. The predicted octanol–water partition coefficient (Wildman–Crippen LogP) is 8.37. The standard InChI is InChI=1S/C27H20F9N3O2S/c1-13(42)37-23-19-5-3-2-4-14(19)8-22(23)41-21-7-6-15(25(28,29)30)12-20(21)39-24(40)38-18-10-16(26(31,32)33)9-17(11-18)27(34,35)36/h2-7,9-12,22-23H,8H2,1H3,(H,37,42)(H2,38,39,40)/t22-,23-/m0/s1. The van der Waals surface area contributed by atoms with Gasteiger partial charge in [-0.05, 0) is 54.4 Å². The van der Waals surface area contributed by atoms with Gasteiger partial charge in [-0.15, -0.1) is 0 Å². The number of carbonyl (C=O) groups excluding carboxylic acids is 1. The van der Waals surface area contributed by atoms with E-state index in [1.807, 2.05) is 17.4 Å². The molecule has 4 rings (SSSR count). The molecule has 2 atom stereocenters. The maximum Gasteiger partial charge on any atom is 0.416 e. The van der Waals surface area contributed by atoms with Gasteiger partial charge in [-0.3, -0.25) is 0 Å². The number of amides is 2. The van der Waals surface area contributed by atoms with Crippen LogP contribution in [0.1, 0.15) is 40.8 Å². The first-order chi connectivity index (χ1) is 19.4. The van der Waals surface area contributed by atoms with Crippen molar-refractivity contribution in [3.05, 3.63) is 88.5 Å². The molecular formula is C27H20F9N3O2S. The number of halogens is 9. The number of benzene rings is 3. The van der Waals surface area contributed by atoms with E-state index in [0.717, 1.165) is 17.2 Å². The Hall–Kier alpha value is -4.01. The molecule has 1 aliphatic carbocycles. The van der Waals surface area contributed by atoms with Crippen molar-refractivity contribution in [3.63, 3.8) is 0 Å². The van der Waals surface area contributed by atoms with Crippen LogP contribution in [0.2, 0.25) is 0 Å². The number of carbonyl (C=O) groups is 1. The second-order valence-corrected chi connectivity index (χ2v) is 9.93. The van der Waals surface area contributed by atoms with Crippen molar-refractivity contribution >= 4 is 34.6 Å². The number of alkyl halides is 9. The Bertz CT molecular complexity index is 1470. The molecule has 0 unspecified atom stereocenters. The van der Waals surface area contributed by atoms with Gasteiger partial charge >= 0.3 is 24.6 Å². The fraction of sp³-hybridized carbons (Fsp3) is 0.259. The molecule has 224 valence electrons. The molecule has 0 aliphatic heterocycles. The number of nitrogens with one attached hydrogen (secondary N) is 3. The van der Waals surface area contributed by atoms with E-state index < -0.39 is 64.8 Å². The minimum atomic E-state index is -5.18. The van der Waals surface area contributed by atoms with Crippen molar-refractivity contribution in [1.29, 1.82) is 0 Å². The van der Waals surface area contributed by atoms with Gasteiger partial charge in [0.25, 0.3) is 0 Å². The largest absolute Gasteiger partial charge is 0.485 e. The highest BCUT2D eigenvalue weighted by molar-refractivity contribution is 7.80. The molecule has 42 heavy (non-hydrogen) atoms. The van der Waals surface area contributed by atoms with Gasteiger partial charge in [-0.2, -0.15) is 39.5 Å². The molecule has 0 radical (unpaired) electrons. The molecule has 15 heteroatoms.